The minimum absolute atomic E-state index is 0.234. The lowest BCUT2D eigenvalue weighted by Gasteiger charge is -2.44. The maximum atomic E-state index is 14.2. The third kappa shape index (κ3) is 3.01. The smallest absolute Gasteiger partial charge is 0.142 e. The number of hydrogen-bond donors (Lipinski definition) is 1. The summed E-state index contributed by atoms with van der Waals surface area (Å²) in [6.07, 6.45) is 3.70. The molecule has 2 N–H and O–H groups in total. The summed E-state index contributed by atoms with van der Waals surface area (Å²) in [6.45, 7) is 6.33. The van der Waals surface area contributed by atoms with E-state index in [0.29, 0.717) is 10.0 Å². The van der Waals surface area contributed by atoms with E-state index in [2.05, 4.69) is 34.7 Å². The van der Waals surface area contributed by atoms with Crippen molar-refractivity contribution in [1.82, 2.24) is 4.90 Å². The molecule has 1 aliphatic rings. The molecular weight excluding hydrogens is 307 g/mol. The van der Waals surface area contributed by atoms with Crippen molar-refractivity contribution in [3.8, 4) is 0 Å². The molecule has 1 aliphatic heterocycles. The highest BCUT2D eigenvalue weighted by atomic mass is 79.9. The zero-order valence-electron chi connectivity index (χ0n) is 11.6. The summed E-state index contributed by atoms with van der Waals surface area (Å²) in [5.74, 6) is -0.236. The molecule has 4 heteroatoms. The van der Waals surface area contributed by atoms with Crippen LogP contribution in [0.5, 0.6) is 0 Å². The number of piperidine rings is 1. The second kappa shape index (κ2) is 5.90. The van der Waals surface area contributed by atoms with Crippen molar-refractivity contribution in [2.24, 2.45) is 5.73 Å². The van der Waals surface area contributed by atoms with Gasteiger partial charge in [0, 0.05) is 11.1 Å². The van der Waals surface area contributed by atoms with Gasteiger partial charge in [0.2, 0.25) is 0 Å². The Kier molecular flexibility index (Phi) is 4.64. The van der Waals surface area contributed by atoms with Crippen molar-refractivity contribution >= 4 is 15.9 Å². The zero-order valence-corrected chi connectivity index (χ0v) is 13.2. The van der Waals surface area contributed by atoms with Gasteiger partial charge in [0.1, 0.15) is 5.82 Å². The van der Waals surface area contributed by atoms with Gasteiger partial charge in [-0.2, -0.15) is 0 Å². The van der Waals surface area contributed by atoms with Gasteiger partial charge < -0.3 is 5.73 Å². The normalized spacial score (nSPS) is 19.4. The van der Waals surface area contributed by atoms with Gasteiger partial charge >= 0.3 is 0 Å². The van der Waals surface area contributed by atoms with Crippen molar-refractivity contribution < 1.29 is 4.39 Å². The minimum atomic E-state index is -0.330. The summed E-state index contributed by atoms with van der Waals surface area (Å²) in [4.78, 5) is 2.39. The summed E-state index contributed by atoms with van der Waals surface area (Å²) in [7, 11) is 0. The number of rotatable bonds is 3. The first-order valence-corrected chi connectivity index (χ1v) is 7.68. The van der Waals surface area contributed by atoms with Crippen molar-refractivity contribution in [2.45, 2.75) is 44.7 Å². The molecule has 1 saturated heterocycles. The molecule has 0 saturated carbocycles. The van der Waals surface area contributed by atoms with Gasteiger partial charge in [-0.3, -0.25) is 4.90 Å². The molecule has 1 aromatic carbocycles. The molecule has 0 spiro atoms. The van der Waals surface area contributed by atoms with Gasteiger partial charge in [-0.25, -0.2) is 4.39 Å². The van der Waals surface area contributed by atoms with Crippen LogP contribution in [0.15, 0.2) is 22.7 Å². The van der Waals surface area contributed by atoms with E-state index in [1.54, 1.807) is 12.1 Å². The molecule has 0 radical (unpaired) electrons. The van der Waals surface area contributed by atoms with Crippen molar-refractivity contribution in [1.29, 1.82) is 0 Å². The summed E-state index contributed by atoms with van der Waals surface area (Å²) in [5.41, 5.74) is 6.72. The lowest BCUT2D eigenvalue weighted by molar-refractivity contribution is 0.0719. The molecule has 1 atom stereocenters. The first kappa shape index (κ1) is 14.9. The SMILES string of the molecule is CC(C)(C(N)c1cccc(Br)c1F)N1CCCCC1. The second-order valence-corrected chi connectivity index (χ2v) is 6.68. The first-order chi connectivity index (χ1) is 8.94. The largest absolute Gasteiger partial charge is 0.322 e. The molecule has 1 fully saturated rings. The Morgan fingerprint density at radius 3 is 2.53 bits per heavy atom. The fourth-order valence-corrected chi connectivity index (χ4v) is 3.19. The van der Waals surface area contributed by atoms with Crippen LogP contribution in [0.25, 0.3) is 0 Å². The van der Waals surface area contributed by atoms with Crippen LogP contribution in [0.4, 0.5) is 4.39 Å². The van der Waals surface area contributed by atoms with Crippen molar-refractivity contribution in [2.75, 3.05) is 13.1 Å². The lowest BCUT2D eigenvalue weighted by atomic mass is 9.86. The molecule has 0 amide bonds. The van der Waals surface area contributed by atoms with E-state index < -0.39 is 0 Å². The summed E-state index contributed by atoms with van der Waals surface area (Å²) < 4.78 is 14.7. The van der Waals surface area contributed by atoms with E-state index in [1.165, 1.54) is 19.3 Å². The van der Waals surface area contributed by atoms with Crippen LogP contribution < -0.4 is 5.73 Å². The average molecular weight is 329 g/mol. The highest BCUT2D eigenvalue weighted by Gasteiger charge is 2.36. The topological polar surface area (TPSA) is 29.3 Å². The number of nitrogens with two attached hydrogens (primary N) is 1. The van der Waals surface area contributed by atoms with Crippen LogP contribution in [0.3, 0.4) is 0 Å². The van der Waals surface area contributed by atoms with Crippen LogP contribution in [0.2, 0.25) is 0 Å². The molecule has 106 valence electrons. The van der Waals surface area contributed by atoms with E-state index >= 15 is 0 Å². The molecule has 2 rings (SSSR count). The molecular formula is C15H22BrFN2. The Bertz CT molecular complexity index is 442. The molecule has 0 aromatic heterocycles. The van der Waals surface area contributed by atoms with E-state index in [4.69, 9.17) is 5.73 Å². The highest BCUT2D eigenvalue weighted by Crippen LogP contribution is 2.34. The maximum absolute atomic E-state index is 14.2. The predicted molar refractivity (Wildman–Crippen MR) is 80.5 cm³/mol. The van der Waals surface area contributed by atoms with E-state index in [0.717, 1.165) is 13.1 Å². The molecule has 1 heterocycles. The average Bonchev–Trinajstić information content (AvgIpc) is 2.42. The summed E-state index contributed by atoms with van der Waals surface area (Å²) in [5, 5.41) is 0. The molecule has 19 heavy (non-hydrogen) atoms. The van der Waals surface area contributed by atoms with E-state index in [9.17, 15) is 4.39 Å². The van der Waals surface area contributed by atoms with Crippen LogP contribution >= 0.6 is 15.9 Å². The Balaban J connectivity index is 2.26. The molecule has 0 bridgehead atoms. The third-order valence-corrected chi connectivity index (χ3v) is 4.86. The minimum Gasteiger partial charge on any atom is -0.322 e. The highest BCUT2D eigenvalue weighted by molar-refractivity contribution is 9.10. The first-order valence-electron chi connectivity index (χ1n) is 6.89. The van der Waals surface area contributed by atoms with Crippen molar-refractivity contribution in [3.05, 3.63) is 34.1 Å². The van der Waals surface area contributed by atoms with Crippen LogP contribution in [0.1, 0.15) is 44.7 Å². The van der Waals surface area contributed by atoms with Gasteiger partial charge in [0.05, 0.1) is 10.5 Å². The number of likely N-dealkylation sites (tertiary alicyclic amines) is 1. The molecule has 1 unspecified atom stereocenters. The Morgan fingerprint density at radius 1 is 1.26 bits per heavy atom. The van der Waals surface area contributed by atoms with Crippen LogP contribution in [0, 0.1) is 5.82 Å². The summed E-state index contributed by atoms with van der Waals surface area (Å²) >= 11 is 3.23. The number of hydrogen-bond acceptors (Lipinski definition) is 2. The van der Waals surface area contributed by atoms with Crippen LogP contribution in [-0.4, -0.2) is 23.5 Å². The fourth-order valence-electron chi connectivity index (χ4n) is 2.81. The number of benzene rings is 1. The monoisotopic (exact) mass is 328 g/mol. The fraction of sp³-hybridized carbons (Fsp3) is 0.600. The summed E-state index contributed by atoms with van der Waals surface area (Å²) in [6, 6.07) is 5.01. The van der Waals surface area contributed by atoms with E-state index in [1.807, 2.05) is 6.07 Å². The molecule has 2 nitrogen and oxygen atoms in total. The van der Waals surface area contributed by atoms with Crippen molar-refractivity contribution in [3.63, 3.8) is 0 Å². The Hall–Kier alpha value is -0.450. The van der Waals surface area contributed by atoms with Gasteiger partial charge in [0.25, 0.3) is 0 Å². The quantitative estimate of drug-likeness (QED) is 0.913. The standard InChI is InChI=1S/C15H22BrFN2/c1-15(2,19-9-4-3-5-10-19)14(18)11-7-6-8-12(16)13(11)17/h6-8,14H,3-5,9-10,18H2,1-2H3. The van der Waals surface area contributed by atoms with Gasteiger partial charge in [-0.15, -0.1) is 0 Å². The maximum Gasteiger partial charge on any atom is 0.142 e. The number of nitrogens with zero attached hydrogens (tertiary/aromatic N) is 1. The number of halogens is 2. The Morgan fingerprint density at radius 2 is 1.89 bits per heavy atom. The lowest BCUT2D eigenvalue weighted by Crippen LogP contribution is -2.53. The van der Waals surface area contributed by atoms with E-state index in [-0.39, 0.29) is 17.4 Å². The third-order valence-electron chi connectivity index (χ3n) is 4.25. The second-order valence-electron chi connectivity index (χ2n) is 5.82. The Labute approximate surface area is 123 Å². The molecule has 0 aliphatic carbocycles. The van der Waals surface area contributed by atoms with Gasteiger partial charge in [-0.1, -0.05) is 18.6 Å². The van der Waals surface area contributed by atoms with Crippen LogP contribution in [-0.2, 0) is 0 Å². The molecule has 1 aromatic rings. The van der Waals surface area contributed by atoms with Gasteiger partial charge in [0.15, 0.2) is 0 Å². The van der Waals surface area contributed by atoms with Gasteiger partial charge in [-0.05, 0) is 61.8 Å². The zero-order chi connectivity index (χ0) is 14.0. The predicted octanol–water partition coefficient (Wildman–Crippen LogP) is 3.85.